The molecule has 0 unspecified atom stereocenters. The molecule has 0 saturated carbocycles. The minimum Gasteiger partial charge on any atom is -0.269 e. The van der Waals surface area contributed by atoms with Gasteiger partial charge >= 0.3 is 0 Å². The predicted molar refractivity (Wildman–Crippen MR) is 219 cm³/mol. The Morgan fingerprint density at radius 3 is 0.961 bits per heavy atom. The topological polar surface area (TPSA) is 102 Å². The monoisotopic (exact) mass is 734 g/mol. The second kappa shape index (κ2) is 12.1. The first-order valence-corrected chi connectivity index (χ1v) is 19.8. The molecule has 0 amide bonds. The number of nitrogens with zero attached hydrogens (tertiary/aromatic N) is 8. The Balaban J connectivity index is 1.35. The molecule has 4 aromatic heterocycles. The molecule has 0 saturated heterocycles. The smallest absolute Gasteiger partial charge is 0.179 e. The van der Waals surface area contributed by atoms with Crippen LogP contribution in [-0.4, -0.2) is 70.9 Å². The zero-order valence-corrected chi connectivity index (χ0v) is 34.0. The predicted octanol–water partition coefficient (Wildman–Crippen LogP) is 9.81. The number of aliphatic imine (C=N–C) groups is 3. The van der Waals surface area contributed by atoms with Crippen LogP contribution in [0.4, 0.5) is 0 Å². The van der Waals surface area contributed by atoms with E-state index < -0.39 is 0 Å². The van der Waals surface area contributed by atoms with Crippen LogP contribution in [-0.2, 0) is 0 Å². The minimum absolute atomic E-state index is 0.0543. The van der Waals surface area contributed by atoms with E-state index in [1.807, 2.05) is 60.7 Å². The number of hydrogen-bond acceptors (Lipinski definition) is 11. The highest BCUT2D eigenvalue weighted by Gasteiger charge is 2.46. The van der Waals surface area contributed by atoms with Crippen molar-refractivity contribution in [3.8, 4) is 34.3 Å². The molecule has 0 atom stereocenters. The van der Waals surface area contributed by atoms with Crippen molar-refractivity contribution in [3.05, 3.63) is 77.7 Å². The lowest BCUT2D eigenvalue weighted by atomic mass is 9.91. The van der Waals surface area contributed by atoms with Crippen molar-refractivity contribution in [1.82, 2.24) is 24.9 Å². The quantitative estimate of drug-likeness (QED) is 0.193. The summed E-state index contributed by atoms with van der Waals surface area (Å²) in [5, 5.41) is 2.80. The van der Waals surface area contributed by atoms with Crippen molar-refractivity contribution in [1.29, 1.82) is 0 Å². The Morgan fingerprint density at radius 2 is 0.647 bits per heavy atom. The molecule has 51 heavy (non-hydrogen) atoms. The lowest BCUT2D eigenvalue weighted by Crippen LogP contribution is -2.36. The summed E-state index contributed by atoms with van der Waals surface area (Å²) in [4.78, 5) is 40.8. The van der Waals surface area contributed by atoms with Gasteiger partial charge in [0.05, 0.1) is 56.5 Å². The summed E-state index contributed by atoms with van der Waals surface area (Å²) in [6.07, 6.45) is 0. The summed E-state index contributed by atoms with van der Waals surface area (Å²) in [5.41, 5.74) is 5.32. The number of pyridine rings is 3. The molecule has 0 fully saturated rings. The molecule has 0 spiro atoms. The van der Waals surface area contributed by atoms with Gasteiger partial charge in [-0.25, -0.2) is 24.9 Å². The first kappa shape index (κ1) is 36.0. The number of hydrogen-bond donors (Lipinski definition) is 0. The molecule has 11 heteroatoms. The van der Waals surface area contributed by atoms with Gasteiger partial charge in [-0.2, -0.15) is 0 Å². The average molecular weight is 735 g/mol. The molecule has 0 aromatic carbocycles. The summed E-state index contributed by atoms with van der Waals surface area (Å²) in [5.74, 6) is 0.496. The third-order valence-electron chi connectivity index (χ3n) is 11.0. The van der Waals surface area contributed by atoms with Crippen molar-refractivity contribution in [3.63, 3.8) is 0 Å². The van der Waals surface area contributed by atoms with Crippen LogP contribution in [0.1, 0.15) is 100 Å². The maximum absolute atomic E-state index is 5.12. The SMILES string of the molecule is CC1(C)N=C(c2cccc(-c3cc(-c4cccc(C5=NC(C)(C)C(C)(C)S5)n4)nc(-c4cccc(C5=NC(C)(C)C(C)(C)S5)n4)n3)n2)SC1(C)C. The fourth-order valence-corrected chi connectivity index (χ4v) is 9.37. The summed E-state index contributed by atoms with van der Waals surface area (Å²) in [7, 11) is 0. The van der Waals surface area contributed by atoms with E-state index in [0.29, 0.717) is 22.9 Å². The molecular weight excluding hydrogens is 689 g/mol. The zero-order valence-electron chi connectivity index (χ0n) is 31.6. The van der Waals surface area contributed by atoms with Gasteiger partial charge in [0.15, 0.2) is 5.82 Å². The van der Waals surface area contributed by atoms with Crippen LogP contribution in [0.2, 0.25) is 0 Å². The Hall–Kier alpha value is -3.41. The van der Waals surface area contributed by atoms with Gasteiger partial charge < -0.3 is 0 Å². The van der Waals surface area contributed by atoms with E-state index >= 15 is 0 Å². The Morgan fingerprint density at radius 1 is 0.353 bits per heavy atom. The minimum atomic E-state index is -0.222. The van der Waals surface area contributed by atoms with Gasteiger partial charge in [-0.1, -0.05) is 53.5 Å². The molecule has 0 radical (unpaired) electrons. The van der Waals surface area contributed by atoms with Gasteiger partial charge in [0.25, 0.3) is 0 Å². The van der Waals surface area contributed by atoms with Gasteiger partial charge in [-0.15, -0.1) is 0 Å². The Bertz CT molecular complexity index is 1910. The van der Waals surface area contributed by atoms with Crippen LogP contribution in [0.15, 0.2) is 75.6 Å². The third kappa shape index (κ3) is 6.48. The molecular formula is C40H46N8S3. The highest BCUT2D eigenvalue weighted by molar-refractivity contribution is 8.16. The normalized spacial score (nSPS) is 22.0. The molecule has 8 nitrogen and oxygen atoms in total. The maximum atomic E-state index is 5.12. The fourth-order valence-electron chi connectivity index (χ4n) is 5.56. The van der Waals surface area contributed by atoms with E-state index in [4.69, 9.17) is 39.9 Å². The van der Waals surface area contributed by atoms with Gasteiger partial charge in [-0.05, 0) is 126 Å². The van der Waals surface area contributed by atoms with Gasteiger partial charge in [0.2, 0.25) is 0 Å². The van der Waals surface area contributed by atoms with E-state index in [9.17, 15) is 0 Å². The average Bonchev–Trinajstić information content (AvgIpc) is 3.54. The zero-order chi connectivity index (χ0) is 36.8. The highest BCUT2D eigenvalue weighted by atomic mass is 32.2. The van der Waals surface area contributed by atoms with Crippen molar-refractivity contribution < 1.29 is 0 Å². The molecule has 7 rings (SSSR count). The molecule has 3 aliphatic rings. The lowest BCUT2D eigenvalue weighted by Gasteiger charge is -2.30. The molecule has 0 N–H and O–H groups in total. The molecule has 0 aliphatic carbocycles. The van der Waals surface area contributed by atoms with Crippen LogP contribution >= 0.6 is 35.3 Å². The van der Waals surface area contributed by atoms with E-state index in [1.54, 1.807) is 35.3 Å². The number of thioether (sulfide) groups is 3. The van der Waals surface area contributed by atoms with Crippen LogP contribution in [0.3, 0.4) is 0 Å². The van der Waals surface area contributed by atoms with E-state index in [0.717, 1.165) is 43.6 Å². The summed E-state index contributed by atoms with van der Waals surface area (Å²) in [6.45, 7) is 26.5. The van der Waals surface area contributed by atoms with Crippen molar-refractivity contribution >= 4 is 50.4 Å². The molecule has 0 bridgehead atoms. The van der Waals surface area contributed by atoms with Gasteiger partial charge in [-0.3, -0.25) is 15.0 Å². The summed E-state index contributed by atoms with van der Waals surface area (Å²) >= 11 is 5.29. The molecule has 3 aliphatic heterocycles. The van der Waals surface area contributed by atoms with Crippen molar-refractivity contribution in [2.45, 2.75) is 114 Å². The van der Waals surface area contributed by atoms with E-state index in [2.05, 4.69) is 83.1 Å². The van der Waals surface area contributed by atoms with Crippen LogP contribution in [0, 0.1) is 0 Å². The Kier molecular flexibility index (Phi) is 8.51. The molecule has 4 aromatic rings. The van der Waals surface area contributed by atoms with Crippen LogP contribution in [0.25, 0.3) is 34.3 Å². The van der Waals surface area contributed by atoms with Crippen LogP contribution in [0.5, 0.6) is 0 Å². The van der Waals surface area contributed by atoms with Crippen molar-refractivity contribution in [2.75, 3.05) is 0 Å². The number of aromatic nitrogens is 5. The molecule has 7 heterocycles. The van der Waals surface area contributed by atoms with E-state index in [1.165, 1.54) is 0 Å². The second-order valence-electron chi connectivity index (χ2n) is 16.5. The summed E-state index contributed by atoms with van der Waals surface area (Å²) in [6, 6.07) is 20.0. The first-order valence-electron chi connectivity index (χ1n) is 17.4. The van der Waals surface area contributed by atoms with Gasteiger partial charge in [0, 0.05) is 14.2 Å². The first-order chi connectivity index (χ1) is 23.7. The fraction of sp³-hybridized carbons (Fsp3) is 0.450. The lowest BCUT2D eigenvalue weighted by molar-refractivity contribution is 0.426. The Labute approximate surface area is 314 Å². The maximum Gasteiger partial charge on any atom is 0.179 e. The standard InChI is InChI=1S/C40H46N8S3/c1-35(2)38(7,8)49-32(46-35)26-19-13-16-23(41-26)29-22-30(24-17-14-20-27(42-24)33-47-36(3,4)39(9,10)50-33)45-31(44-29)25-18-15-21-28(43-25)34-48-37(5,6)40(11,12)51-34/h13-22H,1-12H3. The summed E-state index contributed by atoms with van der Waals surface area (Å²) < 4.78 is -0.168. The molecule has 264 valence electrons. The van der Waals surface area contributed by atoms with Crippen LogP contribution < -0.4 is 0 Å². The van der Waals surface area contributed by atoms with Gasteiger partial charge in [0.1, 0.15) is 20.8 Å². The highest BCUT2D eigenvalue weighted by Crippen LogP contribution is 2.48. The number of rotatable bonds is 6. The largest absolute Gasteiger partial charge is 0.269 e. The second-order valence-corrected chi connectivity index (χ2v) is 21.3. The third-order valence-corrected chi connectivity index (χ3v) is 15.5. The van der Waals surface area contributed by atoms with Crippen molar-refractivity contribution in [2.24, 2.45) is 15.0 Å². The van der Waals surface area contributed by atoms with E-state index in [-0.39, 0.29) is 30.9 Å².